The molecule has 0 N–H and O–H groups in total. The Balaban J connectivity index is 2.09. The van der Waals surface area contributed by atoms with Crippen molar-refractivity contribution in [3.63, 3.8) is 0 Å². The number of ketones is 1. The summed E-state index contributed by atoms with van der Waals surface area (Å²) >= 11 is 0. The van der Waals surface area contributed by atoms with Crippen LogP contribution >= 0.6 is 0 Å². The van der Waals surface area contributed by atoms with Crippen molar-refractivity contribution in [2.24, 2.45) is 11.8 Å². The molecule has 0 heterocycles. The highest BCUT2D eigenvalue weighted by atomic mass is 19.4. The molecule has 2 rings (SSSR count). The quantitative estimate of drug-likeness (QED) is 0.721. The first-order valence-corrected chi connectivity index (χ1v) is 6.55. The van der Waals surface area contributed by atoms with Gasteiger partial charge in [0.1, 0.15) is 0 Å². The zero-order valence-electron chi connectivity index (χ0n) is 10.8. The summed E-state index contributed by atoms with van der Waals surface area (Å²) in [5, 5.41) is 0. The van der Waals surface area contributed by atoms with Gasteiger partial charge < -0.3 is 0 Å². The summed E-state index contributed by atoms with van der Waals surface area (Å²) < 4.78 is 38.2. The van der Waals surface area contributed by atoms with Crippen LogP contribution in [0.4, 0.5) is 13.2 Å². The second kappa shape index (κ2) is 5.35. The second-order valence-corrected chi connectivity index (χ2v) is 5.33. The lowest BCUT2D eigenvalue weighted by molar-refractivity contribution is -0.184. The first-order chi connectivity index (χ1) is 8.88. The van der Waals surface area contributed by atoms with E-state index in [1.54, 1.807) is 12.1 Å². The maximum Gasteiger partial charge on any atom is 0.391 e. The molecule has 1 fully saturated rings. The van der Waals surface area contributed by atoms with Gasteiger partial charge in [0.2, 0.25) is 0 Å². The lowest BCUT2D eigenvalue weighted by Gasteiger charge is -2.29. The molecule has 1 aliphatic carbocycles. The van der Waals surface area contributed by atoms with Crippen molar-refractivity contribution >= 4 is 5.78 Å². The van der Waals surface area contributed by atoms with E-state index in [2.05, 4.69) is 0 Å². The van der Waals surface area contributed by atoms with E-state index < -0.39 is 18.0 Å². The van der Waals surface area contributed by atoms with Gasteiger partial charge in [0.25, 0.3) is 0 Å². The van der Waals surface area contributed by atoms with Gasteiger partial charge in [-0.3, -0.25) is 4.79 Å². The monoisotopic (exact) mass is 270 g/mol. The van der Waals surface area contributed by atoms with Crippen LogP contribution in [0.2, 0.25) is 0 Å². The maximum atomic E-state index is 12.7. The number of rotatable bonds is 2. The van der Waals surface area contributed by atoms with Crippen molar-refractivity contribution in [2.45, 2.75) is 38.8 Å². The van der Waals surface area contributed by atoms with Crippen LogP contribution in [0.5, 0.6) is 0 Å². The number of benzene rings is 1. The van der Waals surface area contributed by atoms with E-state index in [9.17, 15) is 18.0 Å². The standard InChI is InChI=1S/C15H17F3O/c1-10-5-7-11(8-6-10)14(19)12-3-2-4-13(9-12)15(16,17)18/h5-8,12-13H,2-4,9H2,1H3. The number of halogens is 3. The van der Waals surface area contributed by atoms with E-state index in [1.165, 1.54) is 0 Å². The fourth-order valence-electron chi connectivity index (χ4n) is 2.68. The van der Waals surface area contributed by atoms with Crippen LogP contribution in [0.25, 0.3) is 0 Å². The predicted molar refractivity (Wildman–Crippen MR) is 67.0 cm³/mol. The van der Waals surface area contributed by atoms with Gasteiger partial charge in [-0.25, -0.2) is 0 Å². The van der Waals surface area contributed by atoms with Gasteiger partial charge in [-0.05, 0) is 26.2 Å². The lowest BCUT2D eigenvalue weighted by Crippen LogP contribution is -2.31. The normalized spacial score (nSPS) is 24.2. The smallest absolute Gasteiger partial charge is 0.294 e. The van der Waals surface area contributed by atoms with Crippen molar-refractivity contribution in [3.8, 4) is 0 Å². The van der Waals surface area contributed by atoms with Crippen LogP contribution < -0.4 is 0 Å². The minimum Gasteiger partial charge on any atom is -0.294 e. The number of carbonyl (C=O) groups excluding carboxylic acids is 1. The predicted octanol–water partition coefficient (Wildman–Crippen LogP) is 4.55. The molecule has 104 valence electrons. The van der Waals surface area contributed by atoms with Gasteiger partial charge in [-0.1, -0.05) is 36.2 Å². The lowest BCUT2D eigenvalue weighted by atomic mass is 9.77. The van der Waals surface area contributed by atoms with Gasteiger partial charge >= 0.3 is 6.18 Å². The third kappa shape index (κ3) is 3.37. The molecule has 0 aromatic heterocycles. The first kappa shape index (κ1) is 14.1. The average Bonchev–Trinajstić information content (AvgIpc) is 2.38. The minimum absolute atomic E-state index is 0.0593. The van der Waals surface area contributed by atoms with Crippen LogP contribution in [0, 0.1) is 18.8 Å². The Morgan fingerprint density at radius 1 is 1.16 bits per heavy atom. The molecule has 19 heavy (non-hydrogen) atoms. The zero-order chi connectivity index (χ0) is 14.0. The molecule has 1 aliphatic rings. The molecule has 0 saturated heterocycles. The van der Waals surface area contributed by atoms with Gasteiger partial charge in [0.15, 0.2) is 5.78 Å². The highest BCUT2D eigenvalue weighted by Crippen LogP contribution is 2.40. The van der Waals surface area contributed by atoms with Crippen molar-refractivity contribution in [2.75, 3.05) is 0 Å². The Labute approximate surface area is 110 Å². The van der Waals surface area contributed by atoms with E-state index in [-0.39, 0.29) is 18.6 Å². The Bertz CT molecular complexity index is 447. The number of aryl methyl sites for hydroxylation is 1. The van der Waals surface area contributed by atoms with Crippen molar-refractivity contribution < 1.29 is 18.0 Å². The summed E-state index contributed by atoms with van der Waals surface area (Å²) in [5.41, 5.74) is 1.56. The molecule has 2 atom stereocenters. The van der Waals surface area contributed by atoms with E-state index in [0.717, 1.165) is 5.56 Å². The molecule has 2 unspecified atom stereocenters. The number of hydrogen-bond donors (Lipinski definition) is 0. The minimum atomic E-state index is -4.17. The molecule has 0 spiro atoms. The fraction of sp³-hybridized carbons (Fsp3) is 0.533. The van der Waals surface area contributed by atoms with Gasteiger partial charge in [0.05, 0.1) is 5.92 Å². The molecule has 0 radical (unpaired) electrons. The first-order valence-electron chi connectivity index (χ1n) is 6.55. The number of Topliss-reactive ketones (excluding diaryl/α,β-unsaturated/α-hetero) is 1. The van der Waals surface area contributed by atoms with E-state index >= 15 is 0 Å². The molecular weight excluding hydrogens is 253 g/mol. The molecule has 1 nitrogen and oxygen atoms in total. The molecule has 0 bridgehead atoms. The number of hydrogen-bond acceptors (Lipinski definition) is 1. The average molecular weight is 270 g/mol. The van der Waals surface area contributed by atoms with Crippen molar-refractivity contribution in [1.82, 2.24) is 0 Å². The van der Waals surface area contributed by atoms with Gasteiger partial charge in [0, 0.05) is 11.5 Å². The summed E-state index contributed by atoms with van der Waals surface area (Å²) in [7, 11) is 0. The van der Waals surface area contributed by atoms with Crippen LogP contribution in [-0.2, 0) is 0 Å². The molecular formula is C15H17F3O. The Hall–Kier alpha value is -1.32. The maximum absolute atomic E-state index is 12.7. The van der Waals surface area contributed by atoms with Crippen molar-refractivity contribution in [3.05, 3.63) is 35.4 Å². The summed E-state index contributed by atoms with van der Waals surface area (Å²) in [6, 6.07) is 7.04. The highest BCUT2D eigenvalue weighted by Gasteiger charge is 2.43. The SMILES string of the molecule is Cc1ccc(C(=O)C2CCCC(C(F)(F)F)C2)cc1. The Morgan fingerprint density at radius 3 is 2.37 bits per heavy atom. The van der Waals surface area contributed by atoms with E-state index in [4.69, 9.17) is 0 Å². The summed E-state index contributed by atoms with van der Waals surface area (Å²) in [6.07, 6.45) is -3.03. The summed E-state index contributed by atoms with van der Waals surface area (Å²) in [6.45, 7) is 1.91. The largest absolute Gasteiger partial charge is 0.391 e. The zero-order valence-corrected chi connectivity index (χ0v) is 10.8. The van der Waals surface area contributed by atoms with E-state index in [0.29, 0.717) is 18.4 Å². The Morgan fingerprint density at radius 2 is 1.79 bits per heavy atom. The van der Waals surface area contributed by atoms with Crippen LogP contribution in [-0.4, -0.2) is 12.0 Å². The number of carbonyl (C=O) groups is 1. The fourth-order valence-corrected chi connectivity index (χ4v) is 2.68. The van der Waals surface area contributed by atoms with E-state index in [1.807, 2.05) is 19.1 Å². The third-order valence-electron chi connectivity index (χ3n) is 3.84. The topological polar surface area (TPSA) is 17.1 Å². The molecule has 4 heteroatoms. The van der Waals surface area contributed by atoms with Gasteiger partial charge in [-0.15, -0.1) is 0 Å². The molecule has 0 amide bonds. The molecule has 1 saturated carbocycles. The molecule has 1 aromatic rings. The van der Waals surface area contributed by atoms with Crippen molar-refractivity contribution in [1.29, 1.82) is 0 Å². The summed E-state index contributed by atoms with van der Waals surface area (Å²) in [5.74, 6) is -1.95. The molecule has 0 aliphatic heterocycles. The van der Waals surface area contributed by atoms with Crippen LogP contribution in [0.1, 0.15) is 41.6 Å². The van der Waals surface area contributed by atoms with Crippen LogP contribution in [0.3, 0.4) is 0 Å². The highest BCUT2D eigenvalue weighted by molar-refractivity contribution is 5.97. The third-order valence-corrected chi connectivity index (χ3v) is 3.84. The second-order valence-electron chi connectivity index (χ2n) is 5.33. The van der Waals surface area contributed by atoms with Gasteiger partial charge in [-0.2, -0.15) is 13.2 Å². The molecule has 1 aromatic carbocycles. The van der Waals surface area contributed by atoms with Crippen LogP contribution in [0.15, 0.2) is 24.3 Å². The Kier molecular flexibility index (Phi) is 3.97. The number of alkyl halides is 3. The summed E-state index contributed by atoms with van der Waals surface area (Å²) in [4.78, 5) is 12.2.